The van der Waals surface area contributed by atoms with E-state index in [9.17, 15) is 0 Å². The molecule has 1 N–H and O–H groups in total. The molecule has 3 heteroatoms. The first kappa shape index (κ1) is 17.2. The molecule has 0 aliphatic heterocycles. The fourth-order valence-electron chi connectivity index (χ4n) is 2.95. The molecule has 0 aromatic heterocycles. The number of hydrogen-bond acceptors (Lipinski definition) is 3. The van der Waals surface area contributed by atoms with Gasteiger partial charge in [-0.1, -0.05) is 43.3 Å². The molecule has 3 nitrogen and oxygen atoms in total. The van der Waals surface area contributed by atoms with Crippen molar-refractivity contribution < 1.29 is 9.47 Å². The van der Waals surface area contributed by atoms with Crippen molar-refractivity contribution in [3.05, 3.63) is 66.2 Å². The Labute approximate surface area is 149 Å². The molecule has 3 aromatic rings. The lowest BCUT2D eigenvalue weighted by Gasteiger charge is -2.17. The third kappa shape index (κ3) is 4.05. The Bertz CT molecular complexity index is 844. The van der Waals surface area contributed by atoms with Crippen LogP contribution in [-0.4, -0.2) is 20.3 Å². The van der Waals surface area contributed by atoms with Crippen LogP contribution in [0.25, 0.3) is 10.8 Å². The van der Waals surface area contributed by atoms with Gasteiger partial charge < -0.3 is 14.8 Å². The van der Waals surface area contributed by atoms with Crippen molar-refractivity contribution in [1.82, 2.24) is 0 Å². The maximum Gasteiger partial charge on any atom is 0.142 e. The number of benzene rings is 3. The van der Waals surface area contributed by atoms with Gasteiger partial charge in [0.1, 0.15) is 11.5 Å². The van der Waals surface area contributed by atoms with Crippen LogP contribution in [0.1, 0.15) is 25.3 Å². The number of fused-ring (bicyclic) bond motifs is 1. The van der Waals surface area contributed by atoms with Crippen molar-refractivity contribution in [2.24, 2.45) is 0 Å². The molecule has 0 saturated carbocycles. The number of hydrogen-bond donors (Lipinski definition) is 1. The summed E-state index contributed by atoms with van der Waals surface area (Å²) >= 11 is 0. The summed E-state index contributed by atoms with van der Waals surface area (Å²) in [6.07, 6.45) is 0. The summed E-state index contributed by atoms with van der Waals surface area (Å²) in [5.41, 5.74) is 2.36. The third-order valence-corrected chi connectivity index (χ3v) is 4.43. The summed E-state index contributed by atoms with van der Waals surface area (Å²) in [4.78, 5) is 0. The highest BCUT2D eigenvalue weighted by Gasteiger charge is 2.09. The minimum absolute atomic E-state index is 0.390. The van der Waals surface area contributed by atoms with Crippen molar-refractivity contribution in [2.45, 2.75) is 19.8 Å². The van der Waals surface area contributed by atoms with Gasteiger partial charge in [-0.2, -0.15) is 0 Å². The zero-order chi connectivity index (χ0) is 17.6. The molecule has 0 fully saturated rings. The Morgan fingerprint density at radius 1 is 0.960 bits per heavy atom. The molecule has 0 bridgehead atoms. The van der Waals surface area contributed by atoms with E-state index in [-0.39, 0.29) is 0 Å². The van der Waals surface area contributed by atoms with E-state index in [1.807, 2.05) is 31.2 Å². The first-order valence-electron chi connectivity index (χ1n) is 8.74. The van der Waals surface area contributed by atoms with Crippen LogP contribution >= 0.6 is 0 Å². The van der Waals surface area contributed by atoms with Crippen molar-refractivity contribution in [1.29, 1.82) is 0 Å². The van der Waals surface area contributed by atoms with E-state index in [0.717, 1.165) is 23.7 Å². The van der Waals surface area contributed by atoms with Gasteiger partial charge in [-0.15, -0.1) is 0 Å². The van der Waals surface area contributed by atoms with Gasteiger partial charge in [0.15, 0.2) is 0 Å². The van der Waals surface area contributed by atoms with Gasteiger partial charge in [-0.25, -0.2) is 0 Å². The van der Waals surface area contributed by atoms with E-state index in [1.165, 1.54) is 16.3 Å². The van der Waals surface area contributed by atoms with E-state index in [4.69, 9.17) is 9.47 Å². The first-order chi connectivity index (χ1) is 12.2. The molecule has 0 heterocycles. The molecule has 0 amide bonds. The molecule has 25 heavy (non-hydrogen) atoms. The summed E-state index contributed by atoms with van der Waals surface area (Å²) in [5.74, 6) is 2.19. The second-order valence-corrected chi connectivity index (χ2v) is 6.18. The van der Waals surface area contributed by atoms with Gasteiger partial charge in [0.2, 0.25) is 0 Å². The van der Waals surface area contributed by atoms with Crippen LogP contribution in [0.2, 0.25) is 0 Å². The molecule has 3 aromatic carbocycles. The normalized spacial score (nSPS) is 12.0. The molecule has 0 aliphatic rings. The van der Waals surface area contributed by atoms with Crippen LogP contribution in [0, 0.1) is 0 Å². The number of para-hydroxylation sites is 2. The van der Waals surface area contributed by atoms with E-state index in [1.54, 1.807) is 7.11 Å². The summed E-state index contributed by atoms with van der Waals surface area (Å²) < 4.78 is 11.0. The van der Waals surface area contributed by atoms with Crippen LogP contribution in [0.3, 0.4) is 0 Å². The third-order valence-electron chi connectivity index (χ3n) is 4.43. The molecular weight excluding hydrogens is 310 g/mol. The van der Waals surface area contributed by atoms with Gasteiger partial charge in [0.25, 0.3) is 0 Å². The van der Waals surface area contributed by atoms with E-state index in [0.29, 0.717) is 12.5 Å². The van der Waals surface area contributed by atoms with Crippen LogP contribution in [0.15, 0.2) is 60.7 Å². The van der Waals surface area contributed by atoms with Gasteiger partial charge >= 0.3 is 0 Å². The van der Waals surface area contributed by atoms with Crippen molar-refractivity contribution >= 4 is 16.5 Å². The second kappa shape index (κ2) is 7.93. The first-order valence-corrected chi connectivity index (χ1v) is 8.74. The smallest absolute Gasteiger partial charge is 0.142 e. The SMILES string of the molecule is CCOc1ccccc1NCC(C)c1ccc2cc(OC)ccc2c1. The second-order valence-electron chi connectivity index (χ2n) is 6.18. The van der Waals surface area contributed by atoms with Gasteiger partial charge in [-0.05, 0) is 53.4 Å². The zero-order valence-electron chi connectivity index (χ0n) is 15.1. The number of methoxy groups -OCH3 is 1. The quantitative estimate of drug-likeness (QED) is 0.621. The Morgan fingerprint density at radius 3 is 2.52 bits per heavy atom. The molecule has 130 valence electrons. The van der Waals surface area contributed by atoms with E-state index < -0.39 is 0 Å². The predicted octanol–water partition coefficient (Wildman–Crippen LogP) is 5.46. The van der Waals surface area contributed by atoms with Crippen LogP contribution in [-0.2, 0) is 0 Å². The number of ether oxygens (including phenoxy) is 2. The summed E-state index contributed by atoms with van der Waals surface area (Å²) in [6, 6.07) is 20.9. The van der Waals surface area contributed by atoms with Gasteiger partial charge in [-0.3, -0.25) is 0 Å². The predicted molar refractivity (Wildman–Crippen MR) is 105 cm³/mol. The maximum atomic E-state index is 5.68. The molecule has 1 unspecified atom stereocenters. The topological polar surface area (TPSA) is 30.5 Å². The standard InChI is InChI=1S/C22H25NO2/c1-4-25-22-8-6-5-7-21(22)23-15-16(2)17-9-10-19-14-20(24-3)12-11-18(19)13-17/h5-14,16,23H,4,15H2,1-3H3. The lowest BCUT2D eigenvalue weighted by atomic mass is 9.97. The minimum atomic E-state index is 0.390. The van der Waals surface area contributed by atoms with Crippen molar-refractivity contribution in [2.75, 3.05) is 25.6 Å². The molecule has 0 aliphatic carbocycles. The molecule has 0 radical (unpaired) electrons. The number of rotatable bonds is 7. The fourth-order valence-corrected chi connectivity index (χ4v) is 2.95. The molecule has 0 saturated heterocycles. The lowest BCUT2D eigenvalue weighted by Crippen LogP contribution is -2.11. The van der Waals surface area contributed by atoms with Crippen LogP contribution in [0.4, 0.5) is 5.69 Å². The maximum absolute atomic E-state index is 5.68. The molecule has 1 atom stereocenters. The highest BCUT2D eigenvalue weighted by atomic mass is 16.5. The van der Waals surface area contributed by atoms with Crippen LogP contribution in [0.5, 0.6) is 11.5 Å². The average Bonchev–Trinajstić information content (AvgIpc) is 2.66. The highest BCUT2D eigenvalue weighted by Crippen LogP contribution is 2.27. The molecular formula is C22H25NO2. The fraction of sp³-hybridized carbons (Fsp3) is 0.273. The Kier molecular flexibility index (Phi) is 5.44. The van der Waals surface area contributed by atoms with Gasteiger partial charge in [0, 0.05) is 6.54 Å². The van der Waals surface area contributed by atoms with E-state index >= 15 is 0 Å². The van der Waals surface area contributed by atoms with Crippen LogP contribution < -0.4 is 14.8 Å². The number of anilines is 1. The Hall–Kier alpha value is -2.68. The minimum Gasteiger partial charge on any atom is -0.497 e. The summed E-state index contributed by atoms with van der Waals surface area (Å²) in [6.45, 7) is 5.76. The zero-order valence-corrected chi connectivity index (χ0v) is 15.1. The van der Waals surface area contributed by atoms with Gasteiger partial charge in [0.05, 0.1) is 19.4 Å². The summed E-state index contributed by atoms with van der Waals surface area (Å²) in [5, 5.41) is 5.95. The largest absolute Gasteiger partial charge is 0.497 e. The monoisotopic (exact) mass is 335 g/mol. The summed E-state index contributed by atoms with van der Waals surface area (Å²) in [7, 11) is 1.70. The number of nitrogens with one attached hydrogen (secondary N) is 1. The highest BCUT2D eigenvalue weighted by molar-refractivity contribution is 5.84. The average molecular weight is 335 g/mol. The molecule has 0 spiro atoms. The Morgan fingerprint density at radius 2 is 1.72 bits per heavy atom. The van der Waals surface area contributed by atoms with Crippen molar-refractivity contribution in [3.63, 3.8) is 0 Å². The Balaban J connectivity index is 1.73. The van der Waals surface area contributed by atoms with E-state index in [2.05, 4.69) is 48.6 Å². The van der Waals surface area contributed by atoms with Crippen molar-refractivity contribution in [3.8, 4) is 11.5 Å². The lowest BCUT2D eigenvalue weighted by molar-refractivity contribution is 0.341. The molecule has 3 rings (SSSR count).